The number of ketones is 2. The van der Waals surface area contributed by atoms with E-state index < -0.39 is 9.84 Å². The molecule has 1 heterocycles. The van der Waals surface area contributed by atoms with Gasteiger partial charge < -0.3 is 14.8 Å². The molecule has 0 saturated heterocycles. The van der Waals surface area contributed by atoms with Crippen LogP contribution in [0.2, 0.25) is 0 Å². The number of benzene rings is 2. The van der Waals surface area contributed by atoms with Crippen LogP contribution < -0.4 is 10.1 Å². The molecule has 1 aromatic heterocycles. The van der Waals surface area contributed by atoms with Crippen molar-refractivity contribution in [3.63, 3.8) is 0 Å². The van der Waals surface area contributed by atoms with Crippen LogP contribution in [0, 0.1) is 6.92 Å². The van der Waals surface area contributed by atoms with E-state index in [1.54, 1.807) is 38.3 Å². The molecule has 192 valence electrons. The normalized spacial score (nSPS) is 11.3. The minimum absolute atomic E-state index is 0.114. The van der Waals surface area contributed by atoms with Gasteiger partial charge in [0.05, 0.1) is 16.8 Å². The van der Waals surface area contributed by atoms with E-state index in [9.17, 15) is 18.0 Å². The van der Waals surface area contributed by atoms with Gasteiger partial charge in [-0.15, -0.1) is 0 Å². The van der Waals surface area contributed by atoms with E-state index >= 15 is 0 Å². The fraction of sp³-hybridized carbons (Fsp3) is 0.346. The molecule has 0 unspecified atom stereocenters. The molecule has 2 aromatic carbocycles. The number of anilines is 1. The van der Waals surface area contributed by atoms with Crippen LogP contribution in [0.3, 0.4) is 0 Å². The average Bonchev–Trinajstić information content (AvgIpc) is 3.28. The lowest BCUT2D eigenvalue weighted by Crippen LogP contribution is -2.16. The van der Waals surface area contributed by atoms with E-state index in [4.69, 9.17) is 9.47 Å². The molecule has 0 aliphatic rings. The molecule has 0 aliphatic heterocycles. The van der Waals surface area contributed by atoms with Crippen molar-refractivity contribution < 1.29 is 27.5 Å². The predicted molar refractivity (Wildman–Crippen MR) is 137 cm³/mol. The Morgan fingerprint density at radius 3 is 2.44 bits per heavy atom. The summed E-state index contributed by atoms with van der Waals surface area (Å²) >= 11 is 0. The number of nitrogens with zero attached hydrogens (tertiary/aromatic N) is 2. The average molecular weight is 514 g/mol. The van der Waals surface area contributed by atoms with Crippen molar-refractivity contribution in [2.75, 3.05) is 38.4 Å². The minimum Gasteiger partial charge on any atom is -0.469 e. The van der Waals surface area contributed by atoms with Crippen LogP contribution in [0.15, 0.2) is 53.6 Å². The third kappa shape index (κ3) is 6.19. The van der Waals surface area contributed by atoms with Crippen molar-refractivity contribution in [3.8, 4) is 5.88 Å². The number of carbonyl (C=O) groups is 2. The molecule has 0 bridgehead atoms. The molecule has 0 saturated carbocycles. The highest BCUT2D eigenvalue weighted by Crippen LogP contribution is 2.31. The van der Waals surface area contributed by atoms with Crippen LogP contribution in [0.25, 0.3) is 0 Å². The molecule has 9 nitrogen and oxygen atoms in total. The van der Waals surface area contributed by atoms with Gasteiger partial charge in [-0.1, -0.05) is 30.3 Å². The SMILES string of the molecule is CCn1ncc(C(=O)c2ccc(S(C)(=O)=O)c(NCCCOC)c2C)c1OCC(=O)c1ccccc1. The first-order chi connectivity index (χ1) is 17.2. The summed E-state index contributed by atoms with van der Waals surface area (Å²) in [7, 11) is -1.95. The summed E-state index contributed by atoms with van der Waals surface area (Å²) in [6.07, 6.45) is 3.20. The largest absolute Gasteiger partial charge is 0.469 e. The third-order valence-corrected chi connectivity index (χ3v) is 6.81. The number of hydrogen-bond acceptors (Lipinski definition) is 8. The van der Waals surface area contributed by atoms with Crippen molar-refractivity contribution >= 4 is 27.1 Å². The highest BCUT2D eigenvalue weighted by atomic mass is 32.2. The maximum atomic E-state index is 13.6. The lowest BCUT2D eigenvalue weighted by atomic mass is 9.99. The summed E-state index contributed by atoms with van der Waals surface area (Å²) in [6, 6.07) is 11.7. The number of hydrogen-bond donors (Lipinski definition) is 1. The second-order valence-corrected chi connectivity index (χ2v) is 10.2. The van der Waals surface area contributed by atoms with Gasteiger partial charge >= 0.3 is 0 Å². The Kier molecular flexibility index (Phi) is 9.00. The van der Waals surface area contributed by atoms with Crippen LogP contribution in [0.1, 0.15) is 45.2 Å². The van der Waals surface area contributed by atoms with Gasteiger partial charge in [0.1, 0.15) is 5.56 Å². The lowest BCUT2D eigenvalue weighted by molar-refractivity contribution is 0.0907. The van der Waals surface area contributed by atoms with Gasteiger partial charge in [0.15, 0.2) is 28.0 Å². The van der Waals surface area contributed by atoms with Crippen LogP contribution in [0.4, 0.5) is 5.69 Å². The Balaban J connectivity index is 1.94. The van der Waals surface area contributed by atoms with E-state index in [2.05, 4.69) is 10.4 Å². The topological polar surface area (TPSA) is 117 Å². The summed E-state index contributed by atoms with van der Waals surface area (Å²) in [6.45, 7) is 4.70. The monoisotopic (exact) mass is 513 g/mol. The number of Topliss-reactive ketones (excluding diaryl/α,β-unsaturated/α-hetero) is 1. The second kappa shape index (κ2) is 12.0. The van der Waals surface area contributed by atoms with Crippen molar-refractivity contribution in [2.24, 2.45) is 0 Å². The Labute approximate surface area is 211 Å². The van der Waals surface area contributed by atoms with Gasteiger partial charge in [-0.25, -0.2) is 13.1 Å². The first kappa shape index (κ1) is 27.1. The molecular weight excluding hydrogens is 482 g/mol. The summed E-state index contributed by atoms with van der Waals surface area (Å²) in [4.78, 5) is 26.3. The van der Waals surface area contributed by atoms with Crippen LogP contribution in [-0.2, 0) is 21.1 Å². The molecule has 0 radical (unpaired) electrons. The molecule has 0 fully saturated rings. The summed E-state index contributed by atoms with van der Waals surface area (Å²) in [5.74, 6) is -0.420. The quantitative estimate of drug-likeness (QED) is 0.272. The molecule has 3 rings (SSSR count). The Morgan fingerprint density at radius 2 is 1.81 bits per heavy atom. The van der Waals surface area contributed by atoms with E-state index in [1.165, 1.54) is 23.0 Å². The number of rotatable bonds is 13. The zero-order valence-corrected chi connectivity index (χ0v) is 21.7. The molecule has 0 aliphatic carbocycles. The van der Waals surface area contributed by atoms with Gasteiger partial charge in [0.2, 0.25) is 5.88 Å². The van der Waals surface area contributed by atoms with E-state index in [-0.39, 0.29) is 34.5 Å². The number of nitrogens with one attached hydrogen (secondary N) is 1. The lowest BCUT2D eigenvalue weighted by Gasteiger charge is -2.17. The summed E-state index contributed by atoms with van der Waals surface area (Å²) in [5.41, 5.74) is 1.88. The van der Waals surface area contributed by atoms with Crippen molar-refractivity contribution in [2.45, 2.75) is 31.7 Å². The maximum Gasteiger partial charge on any atom is 0.223 e. The fourth-order valence-corrected chi connectivity index (χ4v) is 4.70. The van der Waals surface area contributed by atoms with Crippen LogP contribution >= 0.6 is 0 Å². The van der Waals surface area contributed by atoms with Crippen LogP contribution in [-0.4, -0.2) is 62.9 Å². The number of methoxy groups -OCH3 is 1. The number of sulfone groups is 1. The van der Waals surface area contributed by atoms with Crippen molar-refractivity contribution in [1.29, 1.82) is 0 Å². The number of aromatic nitrogens is 2. The first-order valence-corrected chi connectivity index (χ1v) is 13.5. The zero-order chi connectivity index (χ0) is 26.3. The van der Waals surface area contributed by atoms with Gasteiger partial charge in [0.25, 0.3) is 0 Å². The van der Waals surface area contributed by atoms with Crippen molar-refractivity contribution in [1.82, 2.24) is 9.78 Å². The molecule has 0 spiro atoms. The number of ether oxygens (including phenoxy) is 2. The highest BCUT2D eigenvalue weighted by molar-refractivity contribution is 7.90. The van der Waals surface area contributed by atoms with Gasteiger partial charge in [-0.2, -0.15) is 5.10 Å². The summed E-state index contributed by atoms with van der Waals surface area (Å²) < 4.78 is 37.2. The Morgan fingerprint density at radius 1 is 1.08 bits per heavy atom. The van der Waals surface area contributed by atoms with E-state index in [0.717, 1.165) is 6.26 Å². The smallest absolute Gasteiger partial charge is 0.223 e. The standard InChI is InChI=1S/C26H31N3O6S/c1-5-29-26(35-17-22(30)19-10-7-6-8-11-19)21(16-28-29)25(31)20-12-13-23(36(4,32)33)24(18(20)2)27-14-9-15-34-3/h6-8,10-13,16,27H,5,9,14-15,17H2,1-4H3. The first-order valence-electron chi connectivity index (χ1n) is 11.6. The Bertz CT molecular complexity index is 1330. The zero-order valence-electron chi connectivity index (χ0n) is 20.9. The summed E-state index contributed by atoms with van der Waals surface area (Å²) in [5, 5.41) is 7.40. The molecule has 36 heavy (non-hydrogen) atoms. The number of carbonyl (C=O) groups excluding carboxylic acids is 2. The number of aryl methyl sites for hydroxylation is 1. The molecule has 10 heteroatoms. The second-order valence-electron chi connectivity index (χ2n) is 8.24. The molecule has 3 aromatic rings. The van der Waals surface area contributed by atoms with Crippen molar-refractivity contribution in [3.05, 3.63) is 70.9 Å². The highest BCUT2D eigenvalue weighted by Gasteiger charge is 2.25. The van der Waals surface area contributed by atoms with Gasteiger partial charge in [0, 0.05) is 44.2 Å². The molecular formula is C26H31N3O6S. The van der Waals surface area contributed by atoms with Gasteiger partial charge in [-0.05, 0) is 38.0 Å². The fourth-order valence-electron chi connectivity index (χ4n) is 3.79. The maximum absolute atomic E-state index is 13.6. The van der Waals surface area contributed by atoms with Crippen LogP contribution in [0.5, 0.6) is 5.88 Å². The molecule has 0 amide bonds. The molecule has 1 N–H and O–H groups in total. The minimum atomic E-state index is -3.54. The van der Waals surface area contributed by atoms with E-state index in [1.807, 2.05) is 13.0 Å². The van der Waals surface area contributed by atoms with Gasteiger partial charge in [-0.3, -0.25) is 9.59 Å². The third-order valence-electron chi connectivity index (χ3n) is 5.67. The molecule has 0 atom stereocenters. The Hall–Kier alpha value is -3.50. The predicted octanol–water partition coefficient (Wildman–Crippen LogP) is 3.56. The van der Waals surface area contributed by atoms with E-state index in [0.29, 0.717) is 48.5 Å².